The molecule has 2 rings (SSSR count). The fraction of sp³-hybridized carbons (Fsp3) is 0.625. The van der Waals surface area contributed by atoms with E-state index in [0.717, 1.165) is 32.7 Å². The van der Waals surface area contributed by atoms with Crippen LogP contribution in [0.4, 0.5) is 0 Å². The second-order valence-electron chi connectivity index (χ2n) is 5.82. The van der Waals surface area contributed by atoms with Gasteiger partial charge in [0.15, 0.2) is 0 Å². The highest BCUT2D eigenvalue weighted by Gasteiger charge is 2.26. The highest BCUT2D eigenvalue weighted by Crippen LogP contribution is 2.28. The summed E-state index contributed by atoms with van der Waals surface area (Å²) in [5.41, 5.74) is 8.80. The predicted octanol–water partition coefficient (Wildman–Crippen LogP) is 2.09. The summed E-state index contributed by atoms with van der Waals surface area (Å²) in [5, 5.41) is 3.60. The van der Waals surface area contributed by atoms with Gasteiger partial charge in [-0.2, -0.15) is 0 Å². The van der Waals surface area contributed by atoms with Gasteiger partial charge in [-0.25, -0.2) is 0 Å². The van der Waals surface area contributed by atoms with Crippen molar-refractivity contribution in [3.8, 4) is 0 Å². The number of ether oxygens (including phenoxy) is 1. The molecule has 3 heteroatoms. The lowest BCUT2D eigenvalue weighted by molar-refractivity contribution is 0.0242. The molecule has 0 saturated carbocycles. The lowest BCUT2D eigenvalue weighted by Gasteiger charge is -2.33. The van der Waals surface area contributed by atoms with Gasteiger partial charge in [-0.05, 0) is 42.3 Å². The van der Waals surface area contributed by atoms with E-state index in [4.69, 9.17) is 10.5 Å². The predicted molar refractivity (Wildman–Crippen MR) is 79.1 cm³/mol. The lowest BCUT2D eigenvalue weighted by atomic mass is 9.82. The van der Waals surface area contributed by atoms with Crippen LogP contribution in [0.25, 0.3) is 0 Å². The molecule has 1 aliphatic rings. The van der Waals surface area contributed by atoms with Gasteiger partial charge in [0.2, 0.25) is 0 Å². The number of hydrogen-bond donors (Lipinski definition) is 2. The van der Waals surface area contributed by atoms with E-state index in [1.54, 1.807) is 0 Å². The Morgan fingerprint density at radius 3 is 2.58 bits per heavy atom. The van der Waals surface area contributed by atoms with Gasteiger partial charge in [0, 0.05) is 26.3 Å². The molecule has 1 aromatic rings. The first-order valence-electron chi connectivity index (χ1n) is 7.29. The molecule has 1 aromatic carbocycles. The second-order valence-corrected chi connectivity index (χ2v) is 5.82. The van der Waals surface area contributed by atoms with Crippen molar-refractivity contribution in [2.24, 2.45) is 11.1 Å². The number of benzene rings is 1. The summed E-state index contributed by atoms with van der Waals surface area (Å²) in [6.07, 6.45) is 3.39. The van der Waals surface area contributed by atoms with Crippen molar-refractivity contribution in [2.45, 2.75) is 32.7 Å². The third-order valence-electron chi connectivity index (χ3n) is 4.16. The average molecular weight is 262 g/mol. The van der Waals surface area contributed by atoms with Crippen LogP contribution in [-0.4, -0.2) is 26.3 Å². The molecule has 1 aliphatic heterocycles. The molecule has 1 heterocycles. The van der Waals surface area contributed by atoms with Gasteiger partial charge in [-0.3, -0.25) is 0 Å². The Labute approximate surface area is 116 Å². The van der Waals surface area contributed by atoms with Gasteiger partial charge in [-0.15, -0.1) is 0 Å². The molecule has 0 bridgehead atoms. The van der Waals surface area contributed by atoms with Crippen molar-refractivity contribution in [3.05, 3.63) is 35.4 Å². The van der Waals surface area contributed by atoms with Crippen LogP contribution in [0.15, 0.2) is 24.3 Å². The Bertz CT molecular complexity index is 386. The summed E-state index contributed by atoms with van der Waals surface area (Å²) in [5.74, 6) is 0. The Balaban J connectivity index is 1.74. The fourth-order valence-electron chi connectivity index (χ4n) is 2.65. The van der Waals surface area contributed by atoms with Crippen LogP contribution >= 0.6 is 0 Å². The summed E-state index contributed by atoms with van der Waals surface area (Å²) < 4.78 is 5.43. The third-order valence-corrected chi connectivity index (χ3v) is 4.16. The van der Waals surface area contributed by atoms with Crippen LogP contribution in [0.5, 0.6) is 0 Å². The zero-order valence-electron chi connectivity index (χ0n) is 12.0. The Morgan fingerprint density at radius 1 is 1.21 bits per heavy atom. The van der Waals surface area contributed by atoms with Crippen LogP contribution in [-0.2, 0) is 17.7 Å². The van der Waals surface area contributed by atoms with E-state index in [1.165, 1.54) is 24.0 Å². The van der Waals surface area contributed by atoms with Gasteiger partial charge in [0.25, 0.3) is 0 Å². The van der Waals surface area contributed by atoms with E-state index in [9.17, 15) is 0 Å². The molecule has 3 N–H and O–H groups in total. The first-order chi connectivity index (χ1) is 9.23. The molecule has 0 spiro atoms. The van der Waals surface area contributed by atoms with Crippen LogP contribution in [0.3, 0.4) is 0 Å². The minimum atomic E-state index is 0.408. The van der Waals surface area contributed by atoms with Crippen LogP contribution in [0.2, 0.25) is 0 Å². The van der Waals surface area contributed by atoms with Crippen LogP contribution < -0.4 is 11.1 Å². The van der Waals surface area contributed by atoms with Gasteiger partial charge < -0.3 is 15.8 Å². The maximum atomic E-state index is 5.76. The van der Waals surface area contributed by atoms with E-state index in [1.807, 2.05) is 0 Å². The standard InChI is InChI=1S/C16H26N2O/c1-16(7-10-19-11-8-16)13-18-9-6-14-4-2-3-5-15(14)12-17/h2-5,18H,6-13,17H2,1H3. The SMILES string of the molecule is CC1(CNCCc2ccccc2CN)CCOCC1. The zero-order valence-corrected chi connectivity index (χ0v) is 12.0. The summed E-state index contributed by atoms with van der Waals surface area (Å²) in [4.78, 5) is 0. The van der Waals surface area contributed by atoms with Crippen LogP contribution in [0, 0.1) is 5.41 Å². The van der Waals surface area contributed by atoms with Gasteiger partial charge >= 0.3 is 0 Å². The number of nitrogens with one attached hydrogen (secondary N) is 1. The van der Waals surface area contributed by atoms with E-state index in [2.05, 4.69) is 36.5 Å². The fourth-order valence-corrected chi connectivity index (χ4v) is 2.65. The molecule has 3 nitrogen and oxygen atoms in total. The number of hydrogen-bond acceptors (Lipinski definition) is 3. The molecule has 0 unspecified atom stereocenters. The number of nitrogens with two attached hydrogens (primary N) is 1. The molecule has 1 saturated heterocycles. The molecule has 0 radical (unpaired) electrons. The van der Waals surface area contributed by atoms with E-state index >= 15 is 0 Å². The molecule has 0 atom stereocenters. The first kappa shape index (κ1) is 14.5. The van der Waals surface area contributed by atoms with E-state index in [-0.39, 0.29) is 0 Å². The van der Waals surface area contributed by atoms with Crippen molar-refractivity contribution in [3.63, 3.8) is 0 Å². The minimum absolute atomic E-state index is 0.408. The molecule has 0 aromatic heterocycles. The molecular weight excluding hydrogens is 236 g/mol. The van der Waals surface area contributed by atoms with Crippen molar-refractivity contribution in [1.29, 1.82) is 0 Å². The monoisotopic (exact) mass is 262 g/mol. The van der Waals surface area contributed by atoms with Gasteiger partial charge in [-0.1, -0.05) is 31.2 Å². The normalized spacial score (nSPS) is 18.4. The largest absolute Gasteiger partial charge is 0.381 e. The van der Waals surface area contributed by atoms with E-state index < -0.39 is 0 Å². The van der Waals surface area contributed by atoms with E-state index in [0.29, 0.717) is 12.0 Å². The number of rotatable bonds is 6. The highest BCUT2D eigenvalue weighted by molar-refractivity contribution is 5.27. The molecule has 1 fully saturated rings. The molecule has 0 amide bonds. The second kappa shape index (κ2) is 7.04. The Hall–Kier alpha value is -0.900. The minimum Gasteiger partial charge on any atom is -0.381 e. The van der Waals surface area contributed by atoms with Crippen molar-refractivity contribution in [2.75, 3.05) is 26.3 Å². The van der Waals surface area contributed by atoms with Crippen LogP contribution in [0.1, 0.15) is 30.9 Å². The van der Waals surface area contributed by atoms with Gasteiger partial charge in [0.1, 0.15) is 0 Å². The lowest BCUT2D eigenvalue weighted by Crippen LogP contribution is -2.37. The topological polar surface area (TPSA) is 47.3 Å². The molecule has 0 aliphatic carbocycles. The maximum Gasteiger partial charge on any atom is 0.0471 e. The smallest absolute Gasteiger partial charge is 0.0471 e. The Kier molecular flexibility index (Phi) is 5.37. The average Bonchev–Trinajstić information content (AvgIpc) is 2.45. The summed E-state index contributed by atoms with van der Waals surface area (Å²) in [6.45, 7) is 6.92. The quantitative estimate of drug-likeness (QED) is 0.772. The summed E-state index contributed by atoms with van der Waals surface area (Å²) in [6, 6.07) is 8.45. The van der Waals surface area contributed by atoms with Crippen molar-refractivity contribution < 1.29 is 4.74 Å². The molecule has 19 heavy (non-hydrogen) atoms. The van der Waals surface area contributed by atoms with Crippen molar-refractivity contribution in [1.82, 2.24) is 5.32 Å². The third kappa shape index (κ3) is 4.30. The zero-order chi connectivity index (χ0) is 13.6. The Morgan fingerprint density at radius 2 is 1.89 bits per heavy atom. The first-order valence-corrected chi connectivity index (χ1v) is 7.29. The molecule has 106 valence electrons. The summed E-state index contributed by atoms with van der Waals surface area (Å²) in [7, 11) is 0. The summed E-state index contributed by atoms with van der Waals surface area (Å²) >= 11 is 0. The maximum absolute atomic E-state index is 5.76. The highest BCUT2D eigenvalue weighted by atomic mass is 16.5. The van der Waals surface area contributed by atoms with Crippen molar-refractivity contribution >= 4 is 0 Å². The molecular formula is C16H26N2O. The van der Waals surface area contributed by atoms with Gasteiger partial charge in [0.05, 0.1) is 0 Å².